The summed E-state index contributed by atoms with van der Waals surface area (Å²) in [5, 5.41) is 9.39. The molecule has 104 valence electrons. The standard InChI is InChI=1S/C16H23NO2/c1-11-8-14-15(6-3-7-16(14)19)17(11)13-5-2-4-12(9-13)10-18/h8,12-13,18H,2-7,9-10H2,1H3. The second-order valence-corrected chi connectivity index (χ2v) is 6.16. The molecule has 0 bridgehead atoms. The van der Waals surface area contributed by atoms with Gasteiger partial charge in [-0.05, 0) is 51.0 Å². The second kappa shape index (κ2) is 5.12. The van der Waals surface area contributed by atoms with Crippen LogP contribution in [0.1, 0.15) is 66.3 Å². The van der Waals surface area contributed by atoms with Gasteiger partial charge in [0.2, 0.25) is 0 Å². The fourth-order valence-corrected chi connectivity index (χ4v) is 3.92. The van der Waals surface area contributed by atoms with E-state index in [-0.39, 0.29) is 0 Å². The van der Waals surface area contributed by atoms with Gasteiger partial charge in [-0.3, -0.25) is 4.79 Å². The number of hydrogen-bond donors (Lipinski definition) is 1. The third-order valence-corrected chi connectivity index (χ3v) is 4.83. The minimum atomic E-state index is 0.304. The van der Waals surface area contributed by atoms with E-state index in [4.69, 9.17) is 0 Å². The predicted molar refractivity (Wildman–Crippen MR) is 74.5 cm³/mol. The van der Waals surface area contributed by atoms with Crippen LogP contribution in [0.4, 0.5) is 0 Å². The molecule has 1 heterocycles. The highest BCUT2D eigenvalue weighted by Gasteiger charge is 2.29. The number of aliphatic hydroxyl groups excluding tert-OH is 1. The molecule has 0 amide bonds. The van der Waals surface area contributed by atoms with E-state index in [9.17, 15) is 9.90 Å². The number of rotatable bonds is 2. The summed E-state index contributed by atoms with van der Waals surface area (Å²) < 4.78 is 2.41. The molecule has 2 aliphatic rings. The summed E-state index contributed by atoms with van der Waals surface area (Å²) in [6.07, 6.45) is 7.32. The number of nitrogens with zero attached hydrogens (tertiary/aromatic N) is 1. The number of fused-ring (bicyclic) bond motifs is 1. The molecule has 3 heteroatoms. The van der Waals surface area contributed by atoms with Gasteiger partial charge in [0.15, 0.2) is 5.78 Å². The second-order valence-electron chi connectivity index (χ2n) is 6.16. The zero-order valence-corrected chi connectivity index (χ0v) is 11.7. The molecule has 1 fully saturated rings. The Morgan fingerprint density at radius 2 is 2.16 bits per heavy atom. The van der Waals surface area contributed by atoms with Crippen LogP contribution in [-0.4, -0.2) is 22.1 Å². The molecule has 2 aliphatic carbocycles. The minimum absolute atomic E-state index is 0.304. The van der Waals surface area contributed by atoms with Crippen molar-refractivity contribution >= 4 is 5.78 Å². The van der Waals surface area contributed by atoms with Crippen molar-refractivity contribution in [3.8, 4) is 0 Å². The number of Topliss-reactive ketones (excluding diaryl/α,β-unsaturated/α-hetero) is 1. The van der Waals surface area contributed by atoms with E-state index < -0.39 is 0 Å². The van der Waals surface area contributed by atoms with Crippen LogP contribution in [0.5, 0.6) is 0 Å². The molecule has 0 saturated heterocycles. The average molecular weight is 261 g/mol. The van der Waals surface area contributed by atoms with Crippen molar-refractivity contribution in [2.45, 2.75) is 57.9 Å². The van der Waals surface area contributed by atoms with Crippen LogP contribution >= 0.6 is 0 Å². The van der Waals surface area contributed by atoms with Gasteiger partial charge < -0.3 is 9.67 Å². The zero-order chi connectivity index (χ0) is 13.4. The number of aryl methyl sites for hydroxylation is 1. The van der Waals surface area contributed by atoms with Gasteiger partial charge >= 0.3 is 0 Å². The Hall–Kier alpha value is -1.09. The lowest BCUT2D eigenvalue weighted by atomic mass is 9.85. The third kappa shape index (κ3) is 2.25. The Bertz CT molecular complexity index is 489. The normalized spacial score (nSPS) is 27.4. The molecule has 1 aromatic heterocycles. The topological polar surface area (TPSA) is 42.2 Å². The van der Waals surface area contributed by atoms with Gasteiger partial charge in [-0.2, -0.15) is 0 Å². The largest absolute Gasteiger partial charge is 0.396 e. The molecule has 2 atom stereocenters. The molecular weight excluding hydrogens is 238 g/mol. The monoisotopic (exact) mass is 261 g/mol. The van der Waals surface area contributed by atoms with Crippen LogP contribution in [-0.2, 0) is 6.42 Å². The highest BCUT2D eigenvalue weighted by Crippen LogP contribution is 2.37. The lowest BCUT2D eigenvalue weighted by Crippen LogP contribution is -2.24. The number of ketones is 1. The van der Waals surface area contributed by atoms with Crippen LogP contribution in [0.2, 0.25) is 0 Å². The van der Waals surface area contributed by atoms with Gasteiger partial charge in [0.25, 0.3) is 0 Å². The maximum atomic E-state index is 12.0. The Labute approximate surface area is 114 Å². The summed E-state index contributed by atoms with van der Waals surface area (Å²) in [5.41, 5.74) is 3.45. The highest BCUT2D eigenvalue weighted by molar-refractivity contribution is 5.98. The fraction of sp³-hybridized carbons (Fsp3) is 0.688. The van der Waals surface area contributed by atoms with Crippen molar-refractivity contribution in [2.75, 3.05) is 6.61 Å². The lowest BCUT2D eigenvalue weighted by Gasteiger charge is -2.32. The summed E-state index contributed by atoms with van der Waals surface area (Å²) in [4.78, 5) is 12.0. The van der Waals surface area contributed by atoms with E-state index in [1.807, 2.05) is 0 Å². The number of carbonyl (C=O) groups excluding carboxylic acids is 1. The highest BCUT2D eigenvalue weighted by atomic mass is 16.3. The summed E-state index contributed by atoms with van der Waals surface area (Å²) in [5.74, 6) is 0.758. The Morgan fingerprint density at radius 1 is 1.32 bits per heavy atom. The first-order chi connectivity index (χ1) is 9.20. The van der Waals surface area contributed by atoms with E-state index in [1.54, 1.807) is 0 Å². The summed E-state index contributed by atoms with van der Waals surface area (Å²) in [6, 6.07) is 2.57. The van der Waals surface area contributed by atoms with Crippen molar-refractivity contribution in [1.82, 2.24) is 4.57 Å². The third-order valence-electron chi connectivity index (χ3n) is 4.83. The van der Waals surface area contributed by atoms with Crippen molar-refractivity contribution in [2.24, 2.45) is 5.92 Å². The molecule has 19 heavy (non-hydrogen) atoms. The van der Waals surface area contributed by atoms with Gasteiger partial charge in [0.05, 0.1) is 0 Å². The summed E-state index contributed by atoms with van der Waals surface area (Å²) in [6.45, 7) is 2.42. The van der Waals surface area contributed by atoms with E-state index in [0.29, 0.717) is 30.8 Å². The number of aromatic nitrogens is 1. The van der Waals surface area contributed by atoms with E-state index >= 15 is 0 Å². The van der Waals surface area contributed by atoms with Crippen molar-refractivity contribution in [1.29, 1.82) is 0 Å². The van der Waals surface area contributed by atoms with E-state index in [1.165, 1.54) is 24.2 Å². The SMILES string of the molecule is Cc1cc2c(n1C1CCCC(CO)C1)CCCC2=O. The molecule has 0 spiro atoms. The van der Waals surface area contributed by atoms with Gasteiger partial charge in [0.1, 0.15) is 0 Å². The molecule has 0 aromatic carbocycles. The van der Waals surface area contributed by atoms with E-state index in [0.717, 1.165) is 31.2 Å². The van der Waals surface area contributed by atoms with Crippen LogP contribution in [0.3, 0.4) is 0 Å². The van der Waals surface area contributed by atoms with E-state index in [2.05, 4.69) is 17.6 Å². The number of aliphatic hydroxyl groups is 1. The maximum absolute atomic E-state index is 12.0. The zero-order valence-electron chi connectivity index (χ0n) is 11.7. The van der Waals surface area contributed by atoms with Crippen LogP contribution < -0.4 is 0 Å². The van der Waals surface area contributed by atoms with Gasteiger partial charge in [-0.1, -0.05) is 6.42 Å². The summed E-state index contributed by atoms with van der Waals surface area (Å²) >= 11 is 0. The Kier molecular flexibility index (Phi) is 3.48. The van der Waals surface area contributed by atoms with Gasteiger partial charge in [-0.25, -0.2) is 0 Å². The van der Waals surface area contributed by atoms with Crippen LogP contribution in [0.15, 0.2) is 6.07 Å². The first kappa shape index (κ1) is 12.9. The van der Waals surface area contributed by atoms with Crippen LogP contribution in [0, 0.1) is 12.8 Å². The maximum Gasteiger partial charge on any atom is 0.164 e. The molecule has 2 unspecified atom stereocenters. The molecule has 1 saturated carbocycles. The minimum Gasteiger partial charge on any atom is -0.396 e. The quantitative estimate of drug-likeness (QED) is 0.889. The molecule has 1 aromatic rings. The number of hydrogen-bond acceptors (Lipinski definition) is 2. The smallest absolute Gasteiger partial charge is 0.164 e. The average Bonchev–Trinajstić information content (AvgIpc) is 2.77. The first-order valence-corrected chi connectivity index (χ1v) is 7.55. The first-order valence-electron chi connectivity index (χ1n) is 7.55. The molecule has 0 aliphatic heterocycles. The molecule has 0 radical (unpaired) electrons. The summed E-state index contributed by atoms with van der Waals surface area (Å²) in [7, 11) is 0. The lowest BCUT2D eigenvalue weighted by molar-refractivity contribution is 0.0970. The molecule has 1 N–H and O–H groups in total. The Balaban J connectivity index is 1.94. The van der Waals surface area contributed by atoms with Crippen molar-refractivity contribution in [3.05, 3.63) is 23.0 Å². The molecular formula is C16H23NO2. The van der Waals surface area contributed by atoms with Crippen molar-refractivity contribution in [3.63, 3.8) is 0 Å². The Morgan fingerprint density at radius 3 is 2.95 bits per heavy atom. The van der Waals surface area contributed by atoms with Gasteiger partial charge in [0, 0.05) is 36.0 Å². The predicted octanol–water partition coefficient (Wildman–Crippen LogP) is 3.04. The number of carbonyl (C=O) groups is 1. The fourth-order valence-electron chi connectivity index (χ4n) is 3.92. The van der Waals surface area contributed by atoms with Crippen LogP contribution in [0.25, 0.3) is 0 Å². The van der Waals surface area contributed by atoms with Gasteiger partial charge in [-0.15, -0.1) is 0 Å². The molecule has 3 nitrogen and oxygen atoms in total. The van der Waals surface area contributed by atoms with Crippen molar-refractivity contribution < 1.29 is 9.90 Å². The molecule has 3 rings (SSSR count).